The van der Waals surface area contributed by atoms with E-state index in [1.165, 1.54) is 18.1 Å². The molecule has 1 aromatic heterocycles. The van der Waals surface area contributed by atoms with Gasteiger partial charge in [0.1, 0.15) is 17.9 Å². The van der Waals surface area contributed by atoms with E-state index in [0.29, 0.717) is 5.69 Å². The lowest BCUT2D eigenvalue weighted by atomic mass is 10.1. The van der Waals surface area contributed by atoms with Crippen LogP contribution in [0, 0.1) is 0 Å². The second-order valence-corrected chi connectivity index (χ2v) is 5.32. The van der Waals surface area contributed by atoms with Gasteiger partial charge >= 0.3 is 0 Å². The summed E-state index contributed by atoms with van der Waals surface area (Å²) in [7, 11) is 1.43. The van der Waals surface area contributed by atoms with Crippen molar-refractivity contribution in [1.82, 2.24) is 15.0 Å². The van der Waals surface area contributed by atoms with Gasteiger partial charge in [-0.2, -0.15) is 15.0 Å². The van der Waals surface area contributed by atoms with Gasteiger partial charge in [0.2, 0.25) is 0 Å². The molecule has 3 atom stereocenters. The predicted octanol–water partition coefficient (Wildman–Crippen LogP) is 0.878. The Morgan fingerprint density at radius 3 is 1.96 bits per heavy atom. The normalized spacial score (nSPS) is 13.1. The van der Waals surface area contributed by atoms with Gasteiger partial charge in [-0.05, 0) is 19.1 Å². The maximum absolute atomic E-state index is 10.1. The molecule has 0 aliphatic heterocycles. The van der Waals surface area contributed by atoms with E-state index < -0.39 is 30.3 Å². The molecule has 3 unspecified atom stereocenters. The van der Waals surface area contributed by atoms with Crippen LogP contribution in [0.4, 0.5) is 0 Å². The number of benzene rings is 1. The van der Waals surface area contributed by atoms with Crippen molar-refractivity contribution in [3.63, 3.8) is 0 Å². The number of rotatable bonds is 5. The zero-order valence-electron chi connectivity index (χ0n) is 15.6. The Morgan fingerprint density at radius 1 is 1.07 bits per heavy atom. The summed E-state index contributed by atoms with van der Waals surface area (Å²) in [5.74, 6) is -1.67. The third-order valence-electron chi connectivity index (χ3n) is 2.86. The largest absolute Gasteiger partial charge is 0.481 e. The molecule has 0 amide bonds. The minimum absolute atomic E-state index is 0.358. The van der Waals surface area contributed by atoms with Gasteiger partial charge in [-0.25, -0.2) is 0 Å². The second-order valence-electron chi connectivity index (χ2n) is 5.32. The molecule has 0 bridgehead atoms. The lowest BCUT2D eigenvalue weighted by Crippen LogP contribution is -2.32. The molecule has 0 radical (unpaired) electrons. The molecule has 27 heavy (non-hydrogen) atoms. The number of methoxy groups -OCH3 is 1. The van der Waals surface area contributed by atoms with Crippen LogP contribution in [-0.4, -0.2) is 66.7 Å². The highest BCUT2D eigenvalue weighted by Gasteiger charge is 2.27. The number of hydrogen-bond acceptors (Lipinski definition) is 7. The first-order chi connectivity index (χ1) is 12.6. The topological polar surface area (TPSA) is 155 Å². The molecule has 2 rings (SSSR count). The van der Waals surface area contributed by atoms with Gasteiger partial charge in [-0.1, -0.05) is 18.2 Å². The van der Waals surface area contributed by atoms with Crippen LogP contribution < -0.4 is 0 Å². The van der Waals surface area contributed by atoms with Gasteiger partial charge in [0, 0.05) is 21.0 Å². The summed E-state index contributed by atoms with van der Waals surface area (Å²) in [5, 5.41) is 42.8. The number of ether oxygens (including phenoxy) is 1. The van der Waals surface area contributed by atoms with Crippen molar-refractivity contribution >= 4 is 11.9 Å². The number of nitrogens with zero attached hydrogens (tertiary/aromatic N) is 3. The lowest BCUT2D eigenvalue weighted by Gasteiger charge is -2.22. The van der Waals surface area contributed by atoms with Gasteiger partial charge < -0.3 is 25.2 Å². The van der Waals surface area contributed by atoms with E-state index in [1.807, 2.05) is 30.3 Å². The number of hydrogen-bond donors (Lipinski definition) is 4. The number of aliphatic carboxylic acids is 2. The van der Waals surface area contributed by atoms with Crippen molar-refractivity contribution in [2.45, 2.75) is 39.1 Å². The molecule has 10 heteroatoms. The summed E-state index contributed by atoms with van der Waals surface area (Å²) in [5.41, 5.74) is 1.16. The van der Waals surface area contributed by atoms with Gasteiger partial charge in [0.05, 0.1) is 18.0 Å². The Hall–Kier alpha value is -2.82. The summed E-state index contributed by atoms with van der Waals surface area (Å²) in [6.07, 6.45) is -1.10. The third kappa shape index (κ3) is 10.0. The molecule has 10 nitrogen and oxygen atoms in total. The van der Waals surface area contributed by atoms with Crippen molar-refractivity contribution < 1.29 is 34.8 Å². The Bertz CT molecular complexity index is 669. The molecule has 0 fully saturated rings. The molecular formula is C17H25N3O7. The number of carbonyl (C=O) groups is 2. The average Bonchev–Trinajstić information content (AvgIpc) is 3.05. The van der Waals surface area contributed by atoms with Crippen LogP contribution in [-0.2, 0) is 14.3 Å². The molecule has 1 heterocycles. The highest BCUT2D eigenvalue weighted by atomic mass is 16.5. The van der Waals surface area contributed by atoms with Crippen LogP contribution in [0.5, 0.6) is 0 Å². The minimum Gasteiger partial charge on any atom is -0.481 e. The number of carboxylic acids is 2. The van der Waals surface area contributed by atoms with E-state index in [-0.39, 0.29) is 0 Å². The van der Waals surface area contributed by atoms with E-state index in [4.69, 9.17) is 24.5 Å². The van der Waals surface area contributed by atoms with Crippen molar-refractivity contribution in [3.8, 4) is 5.69 Å². The molecular weight excluding hydrogens is 358 g/mol. The van der Waals surface area contributed by atoms with E-state index in [9.17, 15) is 10.2 Å². The maximum atomic E-state index is 10.1. The summed E-state index contributed by atoms with van der Waals surface area (Å²) in [6, 6.07) is 9.37. The van der Waals surface area contributed by atoms with Crippen molar-refractivity contribution in [1.29, 1.82) is 0 Å². The molecule has 0 spiro atoms. The number of para-hydroxylation sites is 1. The molecule has 150 valence electrons. The summed E-state index contributed by atoms with van der Waals surface area (Å²) in [4.78, 5) is 19.4. The molecule has 1 aromatic carbocycles. The van der Waals surface area contributed by atoms with Crippen molar-refractivity contribution in [2.75, 3.05) is 7.11 Å². The van der Waals surface area contributed by atoms with E-state index in [2.05, 4.69) is 10.2 Å². The van der Waals surface area contributed by atoms with Crippen molar-refractivity contribution in [3.05, 3.63) is 42.2 Å². The molecule has 0 saturated heterocycles. The standard InChI is InChI=1S/C13H17N3O3.2C2H4O2/c1-9(17)13(19-2)12(18)11-8-14-16(15-11)10-6-4-3-5-7-10;2*1-2(3)4/h3-9,12-13,17-18H,1-2H3;2*1H3,(H,3,4). The van der Waals surface area contributed by atoms with Crippen LogP contribution in [0.2, 0.25) is 0 Å². The Kier molecular flexibility index (Phi) is 11.2. The molecule has 0 aliphatic carbocycles. The first-order valence-electron chi connectivity index (χ1n) is 7.85. The van der Waals surface area contributed by atoms with E-state index in [0.717, 1.165) is 19.5 Å². The smallest absolute Gasteiger partial charge is 0.300 e. The zero-order chi connectivity index (χ0) is 21.0. The van der Waals surface area contributed by atoms with Gasteiger partial charge in [0.25, 0.3) is 11.9 Å². The zero-order valence-corrected chi connectivity index (χ0v) is 15.6. The van der Waals surface area contributed by atoms with Gasteiger partial charge in [-0.3, -0.25) is 9.59 Å². The maximum Gasteiger partial charge on any atom is 0.300 e. The first kappa shape index (κ1) is 24.2. The van der Waals surface area contributed by atoms with Crippen molar-refractivity contribution in [2.24, 2.45) is 0 Å². The molecule has 4 N–H and O–H groups in total. The monoisotopic (exact) mass is 383 g/mol. The quantitative estimate of drug-likeness (QED) is 0.588. The number of aliphatic hydroxyl groups is 2. The fraction of sp³-hybridized carbons (Fsp3) is 0.412. The van der Waals surface area contributed by atoms with Gasteiger partial charge in [-0.15, -0.1) is 0 Å². The second kappa shape index (κ2) is 12.5. The number of aromatic nitrogens is 3. The Morgan fingerprint density at radius 2 is 1.56 bits per heavy atom. The minimum atomic E-state index is -1.03. The highest BCUT2D eigenvalue weighted by Crippen LogP contribution is 2.19. The third-order valence-corrected chi connectivity index (χ3v) is 2.86. The Labute approximate surface area is 156 Å². The SMILES string of the molecule is CC(=O)O.CC(=O)O.COC(C(C)O)C(O)c1cnn(-c2ccccc2)n1. The number of aliphatic hydroxyl groups excluding tert-OH is 2. The lowest BCUT2D eigenvalue weighted by molar-refractivity contribution is -0.135. The predicted molar refractivity (Wildman–Crippen MR) is 95.4 cm³/mol. The van der Waals surface area contributed by atoms with Gasteiger partial charge in [0.15, 0.2) is 0 Å². The Balaban J connectivity index is 0.000000718. The average molecular weight is 383 g/mol. The molecule has 0 saturated carbocycles. The van der Waals surface area contributed by atoms with E-state index >= 15 is 0 Å². The van der Waals surface area contributed by atoms with E-state index in [1.54, 1.807) is 6.92 Å². The summed E-state index contributed by atoms with van der Waals surface area (Å²) >= 11 is 0. The summed E-state index contributed by atoms with van der Waals surface area (Å²) in [6.45, 7) is 3.72. The van der Waals surface area contributed by atoms with Crippen LogP contribution in [0.25, 0.3) is 5.69 Å². The fourth-order valence-electron chi connectivity index (χ4n) is 1.85. The van der Waals surface area contributed by atoms with Crippen LogP contribution in [0.1, 0.15) is 32.6 Å². The van der Waals surface area contributed by atoms with Crippen LogP contribution >= 0.6 is 0 Å². The fourth-order valence-corrected chi connectivity index (χ4v) is 1.85. The molecule has 2 aromatic rings. The van der Waals surface area contributed by atoms with Crippen LogP contribution in [0.15, 0.2) is 36.5 Å². The highest BCUT2D eigenvalue weighted by molar-refractivity contribution is 5.63. The molecule has 0 aliphatic rings. The summed E-state index contributed by atoms with van der Waals surface area (Å²) < 4.78 is 5.07. The number of carboxylic acid groups (broad SMARTS) is 2. The van der Waals surface area contributed by atoms with Crippen LogP contribution in [0.3, 0.4) is 0 Å². The first-order valence-corrected chi connectivity index (χ1v) is 7.85.